The van der Waals surface area contributed by atoms with Crippen LogP contribution in [0, 0.1) is 5.92 Å². The van der Waals surface area contributed by atoms with E-state index in [1.807, 2.05) is 0 Å². The van der Waals surface area contributed by atoms with Crippen LogP contribution in [0.2, 0.25) is 0 Å². The van der Waals surface area contributed by atoms with Crippen LogP contribution in [-0.4, -0.2) is 56.3 Å². The molecule has 8 heteroatoms. The Balaban J connectivity index is 1.58. The normalized spacial score (nSPS) is 24.3. The minimum absolute atomic E-state index is 0.263. The topological polar surface area (TPSA) is 79.0 Å². The molecular formula is C13H20N4O2S2. The van der Waals surface area contributed by atoms with Crippen molar-refractivity contribution in [2.45, 2.75) is 17.1 Å². The van der Waals surface area contributed by atoms with Crippen LogP contribution in [0.5, 0.6) is 0 Å². The first-order valence-corrected chi connectivity index (χ1v) is 9.48. The summed E-state index contributed by atoms with van der Waals surface area (Å²) in [4.78, 5) is 6.46. The molecule has 2 saturated heterocycles. The van der Waals surface area contributed by atoms with Gasteiger partial charge in [-0.05, 0) is 30.2 Å². The van der Waals surface area contributed by atoms with E-state index in [9.17, 15) is 8.42 Å². The van der Waals surface area contributed by atoms with Crippen LogP contribution in [0.15, 0.2) is 26.7 Å². The third-order valence-electron chi connectivity index (χ3n) is 4.03. The molecule has 3 heterocycles. The Morgan fingerprint density at radius 3 is 2.86 bits per heavy atom. The van der Waals surface area contributed by atoms with Gasteiger partial charge in [0.05, 0.1) is 0 Å². The molecule has 3 rings (SSSR count). The molecule has 2 aliphatic heterocycles. The Morgan fingerprint density at radius 2 is 2.24 bits per heavy atom. The number of guanidine groups is 1. The number of likely N-dealkylation sites (tertiary alicyclic amines) is 1. The largest absolute Gasteiger partial charge is 0.370 e. The van der Waals surface area contributed by atoms with Gasteiger partial charge in [-0.1, -0.05) is 6.07 Å². The van der Waals surface area contributed by atoms with Crippen LogP contribution in [0.25, 0.3) is 0 Å². The van der Waals surface area contributed by atoms with E-state index in [0.29, 0.717) is 29.8 Å². The minimum Gasteiger partial charge on any atom is -0.370 e. The molecule has 0 saturated carbocycles. The number of nitrogens with two attached hydrogens (primary N) is 1. The predicted octanol–water partition coefficient (Wildman–Crippen LogP) is 0.779. The molecule has 0 aliphatic carbocycles. The molecule has 0 spiro atoms. The van der Waals surface area contributed by atoms with Gasteiger partial charge in [0.25, 0.3) is 10.0 Å². The summed E-state index contributed by atoms with van der Waals surface area (Å²) in [6.07, 6.45) is 2.02. The van der Waals surface area contributed by atoms with Gasteiger partial charge in [0, 0.05) is 32.7 Å². The molecule has 1 aromatic rings. The lowest BCUT2D eigenvalue weighted by atomic mass is 10.1. The average Bonchev–Trinajstić information content (AvgIpc) is 3.06. The summed E-state index contributed by atoms with van der Waals surface area (Å²) in [7, 11) is -3.31. The number of hydrogen-bond acceptors (Lipinski definition) is 4. The molecule has 1 unspecified atom stereocenters. The van der Waals surface area contributed by atoms with E-state index >= 15 is 0 Å². The second-order valence-corrected chi connectivity index (χ2v) is 8.60. The van der Waals surface area contributed by atoms with E-state index in [4.69, 9.17) is 5.73 Å². The maximum absolute atomic E-state index is 12.4. The molecule has 0 amide bonds. The van der Waals surface area contributed by atoms with E-state index in [1.165, 1.54) is 17.8 Å². The molecule has 21 heavy (non-hydrogen) atoms. The Morgan fingerprint density at radius 1 is 1.43 bits per heavy atom. The van der Waals surface area contributed by atoms with Crippen LogP contribution in [-0.2, 0) is 10.0 Å². The molecule has 116 valence electrons. The lowest BCUT2D eigenvalue weighted by Crippen LogP contribution is -2.46. The number of nitrogens with zero attached hydrogens (tertiary/aromatic N) is 3. The van der Waals surface area contributed by atoms with Gasteiger partial charge in [0.15, 0.2) is 5.96 Å². The fraction of sp³-hybridized carbons (Fsp3) is 0.615. The third kappa shape index (κ3) is 3.07. The molecule has 1 atom stereocenters. The number of thiophene rings is 1. The zero-order valence-electron chi connectivity index (χ0n) is 11.8. The van der Waals surface area contributed by atoms with Gasteiger partial charge in [-0.3, -0.25) is 4.99 Å². The molecular weight excluding hydrogens is 308 g/mol. The average molecular weight is 328 g/mol. The summed E-state index contributed by atoms with van der Waals surface area (Å²) in [5.74, 6) is 0.861. The summed E-state index contributed by atoms with van der Waals surface area (Å²) in [6.45, 7) is 3.69. The van der Waals surface area contributed by atoms with Crippen LogP contribution >= 0.6 is 11.3 Å². The van der Waals surface area contributed by atoms with Crippen LogP contribution in [0.3, 0.4) is 0 Å². The van der Waals surface area contributed by atoms with Gasteiger partial charge in [-0.2, -0.15) is 4.31 Å². The number of sulfonamides is 1. The van der Waals surface area contributed by atoms with Crippen molar-refractivity contribution in [2.75, 3.05) is 32.7 Å². The highest BCUT2D eigenvalue weighted by molar-refractivity contribution is 7.91. The maximum Gasteiger partial charge on any atom is 0.252 e. The summed E-state index contributed by atoms with van der Waals surface area (Å²) >= 11 is 1.27. The molecule has 1 aromatic heterocycles. The zero-order chi connectivity index (χ0) is 14.9. The number of aliphatic imine (C=N–C) groups is 1. The Kier molecular flexibility index (Phi) is 4.19. The molecule has 0 radical (unpaired) electrons. The van der Waals surface area contributed by atoms with Crippen molar-refractivity contribution in [1.29, 1.82) is 0 Å². The van der Waals surface area contributed by atoms with Crippen molar-refractivity contribution in [3.05, 3.63) is 17.5 Å². The highest BCUT2D eigenvalue weighted by Crippen LogP contribution is 2.27. The lowest BCUT2D eigenvalue weighted by molar-refractivity contribution is 0.295. The smallest absolute Gasteiger partial charge is 0.252 e. The second kappa shape index (κ2) is 5.94. The maximum atomic E-state index is 12.4. The molecule has 2 aliphatic rings. The fourth-order valence-electron chi connectivity index (χ4n) is 2.57. The SMILES string of the molecule is NC(=NCC1CCN(S(=O)(=O)c2cccs2)C1)N1CCC1. The second-order valence-electron chi connectivity index (χ2n) is 5.49. The first kappa shape index (κ1) is 14.8. The molecule has 0 bridgehead atoms. The van der Waals surface area contributed by atoms with Gasteiger partial charge in [0.1, 0.15) is 4.21 Å². The fourth-order valence-corrected chi connectivity index (χ4v) is 5.25. The van der Waals surface area contributed by atoms with Gasteiger partial charge in [-0.25, -0.2) is 8.42 Å². The zero-order valence-corrected chi connectivity index (χ0v) is 13.4. The van der Waals surface area contributed by atoms with Gasteiger partial charge < -0.3 is 10.6 Å². The summed E-state index contributed by atoms with van der Waals surface area (Å²) in [5.41, 5.74) is 5.90. The third-order valence-corrected chi connectivity index (χ3v) is 7.27. The van der Waals surface area contributed by atoms with Crippen molar-refractivity contribution in [1.82, 2.24) is 9.21 Å². The van der Waals surface area contributed by atoms with Crippen molar-refractivity contribution >= 4 is 27.3 Å². The Bertz CT molecular complexity index is 608. The monoisotopic (exact) mass is 328 g/mol. The Labute approximate surface area is 129 Å². The summed E-state index contributed by atoms with van der Waals surface area (Å²) in [5, 5.41) is 1.79. The van der Waals surface area contributed by atoms with Crippen molar-refractivity contribution in [2.24, 2.45) is 16.6 Å². The highest BCUT2D eigenvalue weighted by atomic mass is 32.2. The van der Waals surface area contributed by atoms with Crippen LogP contribution < -0.4 is 5.73 Å². The molecule has 6 nitrogen and oxygen atoms in total. The van der Waals surface area contributed by atoms with Gasteiger partial charge in [0.2, 0.25) is 0 Å². The van der Waals surface area contributed by atoms with Crippen molar-refractivity contribution < 1.29 is 8.42 Å². The van der Waals surface area contributed by atoms with E-state index in [0.717, 1.165) is 19.5 Å². The summed E-state index contributed by atoms with van der Waals surface area (Å²) < 4.78 is 26.8. The number of hydrogen-bond donors (Lipinski definition) is 1. The van der Waals surface area contributed by atoms with E-state index in [-0.39, 0.29) is 5.92 Å². The summed E-state index contributed by atoms with van der Waals surface area (Å²) in [6, 6.07) is 3.43. The predicted molar refractivity (Wildman–Crippen MR) is 83.9 cm³/mol. The lowest BCUT2D eigenvalue weighted by Gasteiger charge is -2.31. The van der Waals surface area contributed by atoms with Gasteiger partial charge in [-0.15, -0.1) is 11.3 Å². The Hall–Kier alpha value is -1.12. The van der Waals surface area contributed by atoms with Gasteiger partial charge >= 0.3 is 0 Å². The van der Waals surface area contributed by atoms with E-state index in [1.54, 1.807) is 21.8 Å². The van der Waals surface area contributed by atoms with E-state index < -0.39 is 10.0 Å². The first-order chi connectivity index (χ1) is 10.1. The quantitative estimate of drug-likeness (QED) is 0.654. The number of rotatable bonds is 4. The minimum atomic E-state index is -3.31. The van der Waals surface area contributed by atoms with Crippen LogP contribution in [0.4, 0.5) is 0 Å². The van der Waals surface area contributed by atoms with E-state index in [2.05, 4.69) is 9.89 Å². The van der Waals surface area contributed by atoms with Crippen molar-refractivity contribution in [3.8, 4) is 0 Å². The standard InChI is InChI=1S/C13H20N4O2S2/c14-13(16-5-2-6-16)15-9-11-4-7-17(10-11)21(18,19)12-3-1-8-20-12/h1,3,8,11H,2,4-7,9-10H2,(H2,14,15). The molecule has 2 fully saturated rings. The first-order valence-electron chi connectivity index (χ1n) is 7.16. The molecule has 2 N–H and O–H groups in total. The molecule has 0 aromatic carbocycles. The highest BCUT2D eigenvalue weighted by Gasteiger charge is 2.33. The van der Waals surface area contributed by atoms with Crippen LogP contribution in [0.1, 0.15) is 12.8 Å². The van der Waals surface area contributed by atoms with Crippen molar-refractivity contribution in [3.63, 3.8) is 0 Å².